The maximum Gasteiger partial charge on any atom is 0.348 e. The molecule has 0 aliphatic carbocycles. The molecule has 9 heteroatoms. The Morgan fingerprint density at radius 3 is 2.41 bits per heavy atom. The van der Waals surface area contributed by atoms with Crippen molar-refractivity contribution in [1.82, 2.24) is 0 Å². The van der Waals surface area contributed by atoms with E-state index in [-0.39, 0.29) is 27.9 Å². The molecule has 1 amide bonds. The highest BCUT2D eigenvalue weighted by Crippen LogP contribution is 2.34. The standard InChI is InChI=1S/C20H24N2O6S/c1-12-16(19(24)27-4)18(29-17(12)20(25)28-5)21-15(23)11-22(2)10-13-7-6-8-14(9-13)26-3/h6-9H,10-11H2,1-5H3,(H,21,23)/p+1. The maximum absolute atomic E-state index is 12.5. The van der Waals surface area contributed by atoms with Crippen LogP contribution in [0.2, 0.25) is 0 Å². The lowest BCUT2D eigenvalue weighted by molar-refractivity contribution is -0.885. The second kappa shape index (κ2) is 10.0. The Morgan fingerprint density at radius 1 is 1.10 bits per heavy atom. The lowest BCUT2D eigenvalue weighted by Crippen LogP contribution is -3.08. The van der Waals surface area contributed by atoms with E-state index in [9.17, 15) is 14.4 Å². The number of methoxy groups -OCH3 is 3. The van der Waals surface area contributed by atoms with Crippen LogP contribution in [0.3, 0.4) is 0 Å². The van der Waals surface area contributed by atoms with Crippen LogP contribution in [0.4, 0.5) is 5.00 Å². The number of likely N-dealkylation sites (N-methyl/N-ethyl adjacent to an activating group) is 1. The van der Waals surface area contributed by atoms with Crippen molar-refractivity contribution in [2.24, 2.45) is 0 Å². The quantitative estimate of drug-likeness (QED) is 0.624. The van der Waals surface area contributed by atoms with E-state index in [0.29, 0.717) is 12.1 Å². The summed E-state index contributed by atoms with van der Waals surface area (Å²) in [6, 6.07) is 7.64. The fourth-order valence-corrected chi connectivity index (χ4v) is 4.00. The Hall–Kier alpha value is -2.91. The normalized spacial score (nSPS) is 11.5. The molecule has 156 valence electrons. The molecule has 29 heavy (non-hydrogen) atoms. The Labute approximate surface area is 173 Å². The maximum atomic E-state index is 12.5. The van der Waals surface area contributed by atoms with E-state index in [2.05, 4.69) is 5.32 Å². The highest BCUT2D eigenvalue weighted by atomic mass is 32.1. The fourth-order valence-electron chi connectivity index (χ4n) is 2.88. The molecule has 0 spiro atoms. The first-order valence-electron chi connectivity index (χ1n) is 8.84. The number of rotatable bonds is 8. The van der Waals surface area contributed by atoms with Crippen molar-refractivity contribution in [3.63, 3.8) is 0 Å². The number of carbonyl (C=O) groups is 3. The molecule has 1 aromatic carbocycles. The summed E-state index contributed by atoms with van der Waals surface area (Å²) in [6.07, 6.45) is 0. The molecule has 2 rings (SSSR count). The van der Waals surface area contributed by atoms with Gasteiger partial charge in [-0.3, -0.25) is 4.79 Å². The molecule has 2 aromatic rings. The minimum Gasteiger partial charge on any atom is -0.497 e. The minimum atomic E-state index is -0.624. The highest BCUT2D eigenvalue weighted by Gasteiger charge is 2.27. The average molecular weight is 421 g/mol. The van der Waals surface area contributed by atoms with Crippen molar-refractivity contribution < 1.29 is 33.5 Å². The molecular formula is C20H25N2O6S+. The van der Waals surface area contributed by atoms with Gasteiger partial charge in [-0.2, -0.15) is 0 Å². The minimum absolute atomic E-state index is 0.164. The van der Waals surface area contributed by atoms with Crippen molar-refractivity contribution in [3.8, 4) is 5.75 Å². The zero-order valence-corrected chi connectivity index (χ0v) is 17.9. The summed E-state index contributed by atoms with van der Waals surface area (Å²) in [5.41, 5.74) is 1.61. The van der Waals surface area contributed by atoms with Crippen LogP contribution in [-0.2, 0) is 20.8 Å². The summed E-state index contributed by atoms with van der Waals surface area (Å²) in [6.45, 7) is 2.40. The molecule has 0 saturated carbocycles. The fraction of sp³-hybridized carbons (Fsp3) is 0.350. The van der Waals surface area contributed by atoms with Gasteiger partial charge in [-0.1, -0.05) is 12.1 Å². The number of carbonyl (C=O) groups excluding carboxylic acids is 3. The summed E-state index contributed by atoms with van der Waals surface area (Å²) in [4.78, 5) is 37.8. The molecule has 0 aliphatic rings. The largest absolute Gasteiger partial charge is 0.497 e. The molecule has 0 fully saturated rings. The third-order valence-electron chi connectivity index (χ3n) is 4.26. The number of hydrogen-bond donors (Lipinski definition) is 2. The number of esters is 2. The van der Waals surface area contributed by atoms with Gasteiger partial charge >= 0.3 is 11.9 Å². The summed E-state index contributed by atoms with van der Waals surface area (Å²) < 4.78 is 14.8. The van der Waals surface area contributed by atoms with Crippen LogP contribution in [0.1, 0.15) is 31.2 Å². The molecule has 1 aromatic heterocycles. The summed E-state index contributed by atoms with van der Waals surface area (Å²) >= 11 is 0.994. The van der Waals surface area contributed by atoms with E-state index in [1.54, 1.807) is 14.0 Å². The molecule has 1 atom stereocenters. The van der Waals surface area contributed by atoms with Crippen LogP contribution < -0.4 is 15.0 Å². The van der Waals surface area contributed by atoms with E-state index in [1.165, 1.54) is 14.2 Å². The van der Waals surface area contributed by atoms with E-state index < -0.39 is 11.9 Å². The van der Waals surface area contributed by atoms with E-state index in [4.69, 9.17) is 14.2 Å². The number of benzene rings is 1. The van der Waals surface area contributed by atoms with Crippen LogP contribution >= 0.6 is 11.3 Å². The Kier molecular flexibility index (Phi) is 7.74. The average Bonchev–Trinajstić information content (AvgIpc) is 3.02. The van der Waals surface area contributed by atoms with Gasteiger partial charge in [-0.05, 0) is 24.6 Å². The second-order valence-corrected chi connectivity index (χ2v) is 7.47. The van der Waals surface area contributed by atoms with Crippen molar-refractivity contribution >= 4 is 34.2 Å². The second-order valence-electron chi connectivity index (χ2n) is 6.45. The Morgan fingerprint density at radius 2 is 1.79 bits per heavy atom. The first-order valence-corrected chi connectivity index (χ1v) is 9.66. The van der Waals surface area contributed by atoms with E-state index in [1.807, 2.05) is 31.3 Å². The van der Waals surface area contributed by atoms with Crippen molar-refractivity contribution in [1.29, 1.82) is 0 Å². The Balaban J connectivity index is 2.12. The smallest absolute Gasteiger partial charge is 0.348 e. The van der Waals surface area contributed by atoms with Gasteiger partial charge in [0.25, 0.3) is 5.91 Å². The van der Waals surface area contributed by atoms with E-state index >= 15 is 0 Å². The lowest BCUT2D eigenvalue weighted by atomic mass is 10.1. The van der Waals surface area contributed by atoms with Crippen LogP contribution in [0.5, 0.6) is 5.75 Å². The zero-order chi connectivity index (χ0) is 21.6. The number of amides is 1. The van der Waals surface area contributed by atoms with Crippen LogP contribution in [0.25, 0.3) is 0 Å². The van der Waals surface area contributed by atoms with Gasteiger partial charge in [-0.25, -0.2) is 9.59 Å². The number of hydrogen-bond acceptors (Lipinski definition) is 7. The molecular weight excluding hydrogens is 396 g/mol. The molecule has 1 heterocycles. The van der Waals surface area contributed by atoms with E-state index in [0.717, 1.165) is 27.5 Å². The summed E-state index contributed by atoms with van der Waals surface area (Å²) in [5, 5.41) is 3.00. The van der Waals surface area contributed by atoms with Gasteiger partial charge in [0.1, 0.15) is 22.2 Å². The number of quaternary nitrogens is 1. The number of nitrogens with one attached hydrogen (secondary N) is 2. The third kappa shape index (κ3) is 5.55. The van der Waals surface area contributed by atoms with Crippen molar-refractivity contribution in [2.75, 3.05) is 40.2 Å². The van der Waals surface area contributed by atoms with Gasteiger partial charge in [0, 0.05) is 5.56 Å². The number of anilines is 1. The van der Waals surface area contributed by atoms with Gasteiger partial charge in [0.15, 0.2) is 6.54 Å². The molecule has 0 saturated heterocycles. The van der Waals surface area contributed by atoms with Crippen molar-refractivity contribution in [3.05, 3.63) is 45.8 Å². The number of ether oxygens (including phenoxy) is 3. The van der Waals surface area contributed by atoms with Gasteiger partial charge in [-0.15, -0.1) is 11.3 Å². The number of thiophene rings is 1. The molecule has 0 aliphatic heterocycles. The van der Waals surface area contributed by atoms with Gasteiger partial charge in [0.2, 0.25) is 0 Å². The highest BCUT2D eigenvalue weighted by molar-refractivity contribution is 7.18. The first-order chi connectivity index (χ1) is 13.8. The third-order valence-corrected chi connectivity index (χ3v) is 5.45. The molecule has 0 radical (unpaired) electrons. The lowest BCUT2D eigenvalue weighted by Gasteiger charge is -2.14. The monoisotopic (exact) mass is 421 g/mol. The van der Waals surface area contributed by atoms with Gasteiger partial charge < -0.3 is 24.4 Å². The predicted molar refractivity (Wildman–Crippen MR) is 109 cm³/mol. The predicted octanol–water partition coefficient (Wildman–Crippen LogP) is 1.29. The van der Waals surface area contributed by atoms with Crippen molar-refractivity contribution in [2.45, 2.75) is 13.5 Å². The van der Waals surface area contributed by atoms with Gasteiger partial charge in [0.05, 0.1) is 33.9 Å². The molecule has 1 unspecified atom stereocenters. The Bertz CT molecular complexity index is 908. The summed E-state index contributed by atoms with van der Waals surface area (Å²) in [5.74, 6) is -0.722. The topological polar surface area (TPSA) is 95.4 Å². The van der Waals surface area contributed by atoms with Crippen LogP contribution in [0.15, 0.2) is 24.3 Å². The molecule has 2 N–H and O–H groups in total. The van der Waals surface area contributed by atoms with Crippen LogP contribution in [-0.4, -0.2) is 52.8 Å². The van der Waals surface area contributed by atoms with Crippen LogP contribution in [0, 0.1) is 6.92 Å². The molecule has 0 bridgehead atoms. The zero-order valence-electron chi connectivity index (χ0n) is 17.1. The summed E-state index contributed by atoms with van der Waals surface area (Å²) in [7, 11) is 6.00. The molecule has 8 nitrogen and oxygen atoms in total. The first kappa shape index (κ1) is 22.4. The SMILES string of the molecule is COC(=O)c1sc(NC(=O)C[NH+](C)Cc2cccc(OC)c2)c(C(=O)OC)c1C.